The molecule has 29 heavy (non-hydrogen) atoms. The van der Waals surface area contributed by atoms with Crippen LogP contribution in [0.25, 0.3) is 16.6 Å². The number of aryl methyl sites for hydroxylation is 1. The van der Waals surface area contributed by atoms with E-state index >= 15 is 0 Å². The molecule has 0 spiro atoms. The quantitative estimate of drug-likeness (QED) is 0.468. The lowest BCUT2D eigenvalue weighted by atomic mass is 10.1. The van der Waals surface area contributed by atoms with Gasteiger partial charge in [-0.1, -0.05) is 34.1 Å². The summed E-state index contributed by atoms with van der Waals surface area (Å²) >= 11 is 3.55. The summed E-state index contributed by atoms with van der Waals surface area (Å²) in [7, 11) is 0. The monoisotopic (exact) mass is 448 g/mol. The predicted molar refractivity (Wildman–Crippen MR) is 117 cm³/mol. The maximum absolute atomic E-state index is 12.8. The predicted octanol–water partition coefficient (Wildman–Crippen LogP) is 4.84. The number of nitrogens with zero attached hydrogens (tertiary/aromatic N) is 2. The average Bonchev–Trinajstić information content (AvgIpc) is 3.45. The number of rotatable bonds is 4. The third kappa shape index (κ3) is 3.17. The van der Waals surface area contributed by atoms with Gasteiger partial charge in [0, 0.05) is 21.1 Å². The van der Waals surface area contributed by atoms with Crippen LogP contribution in [-0.4, -0.2) is 20.7 Å². The Morgan fingerprint density at radius 1 is 1.21 bits per heavy atom. The average molecular weight is 449 g/mol. The fourth-order valence-corrected chi connectivity index (χ4v) is 4.49. The number of H-pyrrole nitrogens is 1. The summed E-state index contributed by atoms with van der Waals surface area (Å²) < 4.78 is 3.08. The van der Waals surface area contributed by atoms with Gasteiger partial charge in [0.25, 0.3) is 5.91 Å². The summed E-state index contributed by atoms with van der Waals surface area (Å²) in [6, 6.07) is 16.1. The molecule has 1 amide bonds. The molecule has 2 heterocycles. The second-order valence-electron chi connectivity index (χ2n) is 7.47. The number of hydrogen-bond donors (Lipinski definition) is 2. The fourth-order valence-electron chi connectivity index (χ4n) is 4.14. The van der Waals surface area contributed by atoms with Crippen LogP contribution in [0.1, 0.15) is 39.4 Å². The minimum Gasteiger partial charge on any atom is -0.351 e. The number of aromatic nitrogens is 3. The molecule has 0 unspecified atom stereocenters. The molecule has 0 saturated heterocycles. The maximum atomic E-state index is 12.8. The standard InChI is InChI=1S/C23H21BrN4O/c1-14-17-12-20(26-19(17)11-10-18(14)24)23(29)25-13-21-16-8-5-9-22(16)28(27-21)15-6-3-2-4-7-15/h2-4,6-7,10-12,26H,5,8-9,13H2,1H3,(H,25,29). The summed E-state index contributed by atoms with van der Waals surface area (Å²) in [5, 5.41) is 8.92. The molecule has 1 aliphatic carbocycles. The van der Waals surface area contributed by atoms with Gasteiger partial charge in [0.05, 0.1) is 17.9 Å². The van der Waals surface area contributed by atoms with Gasteiger partial charge in [-0.3, -0.25) is 4.79 Å². The number of hydrogen-bond acceptors (Lipinski definition) is 2. The molecule has 2 aromatic heterocycles. The van der Waals surface area contributed by atoms with E-state index in [0.717, 1.165) is 51.6 Å². The molecule has 5 rings (SSSR count). The molecule has 0 saturated carbocycles. The minimum absolute atomic E-state index is 0.113. The molecule has 0 aliphatic heterocycles. The smallest absolute Gasteiger partial charge is 0.268 e. The van der Waals surface area contributed by atoms with E-state index in [-0.39, 0.29) is 5.91 Å². The molecule has 0 radical (unpaired) electrons. The van der Waals surface area contributed by atoms with Crippen molar-refractivity contribution in [2.75, 3.05) is 0 Å². The number of benzene rings is 2. The number of aromatic amines is 1. The summed E-state index contributed by atoms with van der Waals surface area (Å²) in [5.74, 6) is -0.113. The summed E-state index contributed by atoms with van der Waals surface area (Å²) in [5.41, 5.74) is 7.24. The van der Waals surface area contributed by atoms with Crippen molar-refractivity contribution in [1.29, 1.82) is 0 Å². The number of carbonyl (C=O) groups excluding carboxylic acids is 1. The number of carbonyl (C=O) groups is 1. The topological polar surface area (TPSA) is 62.7 Å². The van der Waals surface area contributed by atoms with Crippen LogP contribution in [0.2, 0.25) is 0 Å². The molecule has 0 atom stereocenters. The third-order valence-corrected chi connectivity index (χ3v) is 6.54. The van der Waals surface area contributed by atoms with Gasteiger partial charge in [0.15, 0.2) is 0 Å². The Labute approximate surface area is 177 Å². The third-order valence-electron chi connectivity index (χ3n) is 5.68. The van der Waals surface area contributed by atoms with E-state index in [9.17, 15) is 4.79 Å². The first-order valence-corrected chi connectivity index (χ1v) is 10.6. The van der Waals surface area contributed by atoms with Crippen LogP contribution >= 0.6 is 15.9 Å². The first-order valence-electron chi connectivity index (χ1n) is 9.83. The van der Waals surface area contributed by atoms with Crippen LogP contribution in [0, 0.1) is 6.92 Å². The van der Waals surface area contributed by atoms with Crippen LogP contribution < -0.4 is 5.32 Å². The Morgan fingerprint density at radius 3 is 2.86 bits per heavy atom. The summed E-state index contributed by atoms with van der Waals surface area (Å²) in [6.45, 7) is 2.47. The van der Waals surface area contributed by atoms with E-state index in [1.807, 2.05) is 48.0 Å². The van der Waals surface area contributed by atoms with Crippen molar-refractivity contribution >= 4 is 32.7 Å². The molecule has 1 aliphatic rings. The van der Waals surface area contributed by atoms with Gasteiger partial charge in [0.1, 0.15) is 5.69 Å². The SMILES string of the molecule is Cc1c(Br)ccc2[nH]c(C(=O)NCc3nn(-c4ccccc4)c4c3CCC4)cc12. The van der Waals surface area contributed by atoms with Crippen molar-refractivity contribution in [2.45, 2.75) is 32.7 Å². The first-order chi connectivity index (χ1) is 14.1. The van der Waals surface area contributed by atoms with E-state index < -0.39 is 0 Å². The van der Waals surface area contributed by atoms with Gasteiger partial charge in [-0.25, -0.2) is 4.68 Å². The highest BCUT2D eigenvalue weighted by Crippen LogP contribution is 2.28. The molecule has 6 heteroatoms. The Bertz CT molecular complexity index is 1220. The molecule has 2 N–H and O–H groups in total. The van der Waals surface area contributed by atoms with Crippen molar-refractivity contribution in [3.8, 4) is 5.69 Å². The molecule has 0 fully saturated rings. The zero-order chi connectivity index (χ0) is 20.0. The zero-order valence-corrected chi connectivity index (χ0v) is 17.7. The lowest BCUT2D eigenvalue weighted by molar-refractivity contribution is 0.0946. The maximum Gasteiger partial charge on any atom is 0.268 e. The number of para-hydroxylation sites is 1. The molecule has 2 aromatic carbocycles. The number of amides is 1. The highest BCUT2D eigenvalue weighted by molar-refractivity contribution is 9.10. The van der Waals surface area contributed by atoms with E-state index in [4.69, 9.17) is 5.10 Å². The van der Waals surface area contributed by atoms with Crippen molar-refractivity contribution in [3.63, 3.8) is 0 Å². The van der Waals surface area contributed by atoms with Gasteiger partial charge in [-0.2, -0.15) is 5.10 Å². The van der Waals surface area contributed by atoms with Crippen molar-refractivity contribution in [2.24, 2.45) is 0 Å². The fraction of sp³-hybridized carbons (Fsp3) is 0.217. The van der Waals surface area contributed by atoms with Crippen LogP contribution in [-0.2, 0) is 19.4 Å². The van der Waals surface area contributed by atoms with E-state index in [1.165, 1.54) is 11.3 Å². The zero-order valence-electron chi connectivity index (χ0n) is 16.1. The molecule has 4 aromatic rings. The lowest BCUT2D eigenvalue weighted by Gasteiger charge is -2.05. The summed E-state index contributed by atoms with van der Waals surface area (Å²) in [6.07, 6.45) is 3.19. The Kier molecular flexibility index (Phi) is 4.51. The van der Waals surface area contributed by atoms with Crippen LogP contribution in [0.3, 0.4) is 0 Å². The minimum atomic E-state index is -0.113. The Hall–Kier alpha value is -2.86. The van der Waals surface area contributed by atoms with Gasteiger partial charge in [-0.15, -0.1) is 0 Å². The number of nitrogens with one attached hydrogen (secondary N) is 2. The second kappa shape index (κ2) is 7.19. The van der Waals surface area contributed by atoms with Crippen LogP contribution in [0.5, 0.6) is 0 Å². The Morgan fingerprint density at radius 2 is 2.03 bits per heavy atom. The summed E-state index contributed by atoms with van der Waals surface area (Å²) in [4.78, 5) is 16.0. The van der Waals surface area contributed by atoms with Crippen molar-refractivity contribution in [1.82, 2.24) is 20.1 Å². The molecular formula is C23H21BrN4O. The van der Waals surface area contributed by atoms with Gasteiger partial charge < -0.3 is 10.3 Å². The van der Waals surface area contributed by atoms with Crippen molar-refractivity contribution in [3.05, 3.63) is 81.2 Å². The molecule has 146 valence electrons. The van der Waals surface area contributed by atoms with Gasteiger partial charge >= 0.3 is 0 Å². The van der Waals surface area contributed by atoms with Crippen molar-refractivity contribution < 1.29 is 4.79 Å². The second-order valence-corrected chi connectivity index (χ2v) is 8.33. The van der Waals surface area contributed by atoms with E-state index in [2.05, 4.69) is 38.4 Å². The normalized spacial score (nSPS) is 13.0. The largest absolute Gasteiger partial charge is 0.351 e. The van der Waals surface area contributed by atoms with Gasteiger partial charge in [0.2, 0.25) is 0 Å². The first kappa shape index (κ1) is 18.2. The molecule has 5 nitrogen and oxygen atoms in total. The Balaban J connectivity index is 1.39. The number of fused-ring (bicyclic) bond motifs is 2. The molecular weight excluding hydrogens is 428 g/mol. The van der Waals surface area contributed by atoms with E-state index in [1.54, 1.807) is 0 Å². The van der Waals surface area contributed by atoms with Gasteiger partial charge in [-0.05, 0) is 67.6 Å². The molecule has 0 bridgehead atoms. The lowest BCUT2D eigenvalue weighted by Crippen LogP contribution is -2.24. The number of halogens is 1. The van der Waals surface area contributed by atoms with Crippen LogP contribution in [0.4, 0.5) is 0 Å². The van der Waals surface area contributed by atoms with E-state index in [0.29, 0.717) is 12.2 Å². The highest BCUT2D eigenvalue weighted by atomic mass is 79.9. The highest BCUT2D eigenvalue weighted by Gasteiger charge is 2.23. The van der Waals surface area contributed by atoms with Crippen LogP contribution in [0.15, 0.2) is 53.0 Å².